The standard InChI is InChI=1S/C12H17F2NO3/c1-16-7-6-15-8-9-4-3-5-10(17-2)11(9)18-12(13)14/h3-5,12,15H,6-8H2,1-2H3. The first-order valence-corrected chi connectivity index (χ1v) is 5.49. The SMILES string of the molecule is COCCNCc1cccc(OC)c1OC(F)F. The number of benzene rings is 1. The first-order valence-electron chi connectivity index (χ1n) is 5.49. The van der Waals surface area contributed by atoms with Crippen molar-refractivity contribution in [3.63, 3.8) is 0 Å². The van der Waals surface area contributed by atoms with E-state index in [2.05, 4.69) is 10.1 Å². The Morgan fingerprint density at radius 1 is 1.28 bits per heavy atom. The van der Waals surface area contributed by atoms with Gasteiger partial charge in [0.2, 0.25) is 0 Å². The minimum atomic E-state index is -2.88. The van der Waals surface area contributed by atoms with Gasteiger partial charge >= 0.3 is 6.61 Å². The Balaban J connectivity index is 2.75. The van der Waals surface area contributed by atoms with Crippen LogP contribution in [0.3, 0.4) is 0 Å². The zero-order valence-corrected chi connectivity index (χ0v) is 10.4. The lowest BCUT2D eigenvalue weighted by Crippen LogP contribution is -2.19. The summed E-state index contributed by atoms with van der Waals surface area (Å²) in [6.07, 6.45) is 0. The van der Waals surface area contributed by atoms with Gasteiger partial charge in [-0.1, -0.05) is 12.1 Å². The molecule has 1 aromatic carbocycles. The molecule has 0 amide bonds. The molecule has 1 aromatic rings. The van der Waals surface area contributed by atoms with E-state index in [-0.39, 0.29) is 5.75 Å². The van der Waals surface area contributed by atoms with Crippen LogP contribution in [0.5, 0.6) is 11.5 Å². The molecular weight excluding hydrogens is 244 g/mol. The topological polar surface area (TPSA) is 39.7 Å². The Kier molecular flexibility index (Phi) is 6.38. The highest BCUT2D eigenvalue weighted by Crippen LogP contribution is 2.32. The van der Waals surface area contributed by atoms with E-state index in [1.807, 2.05) is 0 Å². The number of hydrogen-bond acceptors (Lipinski definition) is 4. The van der Waals surface area contributed by atoms with E-state index in [0.717, 1.165) is 0 Å². The van der Waals surface area contributed by atoms with Crippen molar-refractivity contribution in [2.45, 2.75) is 13.2 Å². The Hall–Kier alpha value is -1.40. The van der Waals surface area contributed by atoms with Crippen LogP contribution in [0.1, 0.15) is 5.56 Å². The molecule has 0 aliphatic rings. The lowest BCUT2D eigenvalue weighted by atomic mass is 10.2. The van der Waals surface area contributed by atoms with Gasteiger partial charge in [0, 0.05) is 25.8 Å². The maximum atomic E-state index is 12.3. The summed E-state index contributed by atoms with van der Waals surface area (Å²) < 4.78 is 39.1. The van der Waals surface area contributed by atoms with Crippen molar-refractivity contribution < 1.29 is 23.0 Å². The van der Waals surface area contributed by atoms with E-state index in [1.54, 1.807) is 25.3 Å². The first kappa shape index (κ1) is 14.7. The van der Waals surface area contributed by atoms with E-state index in [0.29, 0.717) is 31.0 Å². The molecule has 0 saturated heterocycles. The molecule has 0 spiro atoms. The molecule has 0 aromatic heterocycles. The van der Waals surface area contributed by atoms with Gasteiger partial charge in [-0.2, -0.15) is 8.78 Å². The van der Waals surface area contributed by atoms with Crippen molar-refractivity contribution in [1.82, 2.24) is 5.32 Å². The molecule has 4 nitrogen and oxygen atoms in total. The fourth-order valence-electron chi connectivity index (χ4n) is 1.48. The second-order valence-electron chi connectivity index (χ2n) is 3.50. The highest BCUT2D eigenvalue weighted by Gasteiger charge is 2.14. The summed E-state index contributed by atoms with van der Waals surface area (Å²) >= 11 is 0. The van der Waals surface area contributed by atoms with E-state index >= 15 is 0 Å². The third-order valence-corrected chi connectivity index (χ3v) is 2.29. The van der Waals surface area contributed by atoms with Crippen molar-refractivity contribution in [1.29, 1.82) is 0 Å². The molecule has 18 heavy (non-hydrogen) atoms. The molecule has 1 N–H and O–H groups in total. The van der Waals surface area contributed by atoms with Gasteiger partial charge in [-0.05, 0) is 6.07 Å². The summed E-state index contributed by atoms with van der Waals surface area (Å²) in [6.45, 7) is -1.29. The fraction of sp³-hybridized carbons (Fsp3) is 0.500. The second kappa shape index (κ2) is 7.84. The van der Waals surface area contributed by atoms with Crippen LogP contribution in [0, 0.1) is 0 Å². The maximum absolute atomic E-state index is 12.3. The van der Waals surface area contributed by atoms with Crippen LogP contribution in [-0.4, -0.2) is 34.0 Å². The predicted molar refractivity (Wildman–Crippen MR) is 63.2 cm³/mol. The molecule has 0 bridgehead atoms. The van der Waals surface area contributed by atoms with E-state index in [9.17, 15) is 8.78 Å². The van der Waals surface area contributed by atoms with Gasteiger partial charge in [-0.25, -0.2) is 0 Å². The zero-order valence-electron chi connectivity index (χ0n) is 10.4. The normalized spacial score (nSPS) is 10.7. The van der Waals surface area contributed by atoms with Gasteiger partial charge in [0.05, 0.1) is 13.7 Å². The van der Waals surface area contributed by atoms with Crippen LogP contribution in [0.15, 0.2) is 18.2 Å². The van der Waals surface area contributed by atoms with E-state index in [1.165, 1.54) is 7.11 Å². The summed E-state index contributed by atoms with van der Waals surface area (Å²) in [7, 11) is 3.01. The minimum Gasteiger partial charge on any atom is -0.493 e. The Morgan fingerprint density at radius 2 is 2.06 bits per heavy atom. The van der Waals surface area contributed by atoms with Crippen LogP contribution < -0.4 is 14.8 Å². The largest absolute Gasteiger partial charge is 0.493 e. The molecule has 1 rings (SSSR count). The van der Waals surface area contributed by atoms with Crippen molar-refractivity contribution in [3.8, 4) is 11.5 Å². The number of halogens is 2. The number of para-hydroxylation sites is 1. The first-order chi connectivity index (χ1) is 8.69. The van der Waals surface area contributed by atoms with Crippen LogP contribution in [-0.2, 0) is 11.3 Å². The monoisotopic (exact) mass is 261 g/mol. The molecule has 0 saturated carbocycles. The summed E-state index contributed by atoms with van der Waals surface area (Å²) in [6, 6.07) is 5.01. The second-order valence-corrected chi connectivity index (χ2v) is 3.50. The molecule has 102 valence electrons. The van der Waals surface area contributed by atoms with Crippen LogP contribution in [0.4, 0.5) is 8.78 Å². The number of alkyl halides is 2. The van der Waals surface area contributed by atoms with E-state index < -0.39 is 6.61 Å². The Labute approximate surface area is 105 Å². The molecule has 0 heterocycles. The minimum absolute atomic E-state index is 0.0694. The van der Waals surface area contributed by atoms with Crippen LogP contribution in [0.2, 0.25) is 0 Å². The Morgan fingerprint density at radius 3 is 2.67 bits per heavy atom. The lowest BCUT2D eigenvalue weighted by Gasteiger charge is -2.14. The van der Waals surface area contributed by atoms with Gasteiger partial charge in [-0.15, -0.1) is 0 Å². The van der Waals surface area contributed by atoms with Gasteiger partial charge < -0.3 is 19.5 Å². The number of rotatable bonds is 8. The van der Waals surface area contributed by atoms with Crippen molar-refractivity contribution in [3.05, 3.63) is 23.8 Å². The van der Waals surface area contributed by atoms with Crippen LogP contribution in [0.25, 0.3) is 0 Å². The molecular formula is C12H17F2NO3. The smallest absolute Gasteiger partial charge is 0.387 e. The number of methoxy groups -OCH3 is 2. The summed E-state index contributed by atoms with van der Waals surface area (Å²) in [5.41, 5.74) is 0.616. The third-order valence-electron chi connectivity index (χ3n) is 2.29. The molecule has 0 fully saturated rings. The summed E-state index contributed by atoms with van der Waals surface area (Å²) in [5.74, 6) is 0.362. The maximum Gasteiger partial charge on any atom is 0.387 e. The zero-order chi connectivity index (χ0) is 13.4. The Bertz CT molecular complexity index is 361. The number of nitrogens with one attached hydrogen (secondary N) is 1. The van der Waals surface area contributed by atoms with Gasteiger partial charge in [0.25, 0.3) is 0 Å². The van der Waals surface area contributed by atoms with Crippen molar-refractivity contribution in [2.75, 3.05) is 27.4 Å². The van der Waals surface area contributed by atoms with Gasteiger partial charge in [0.15, 0.2) is 11.5 Å². The predicted octanol–water partition coefficient (Wildman–Crippen LogP) is 2.03. The molecule has 0 unspecified atom stereocenters. The fourth-order valence-corrected chi connectivity index (χ4v) is 1.48. The molecule has 0 atom stereocenters. The summed E-state index contributed by atoms with van der Waals surface area (Å²) in [5, 5.41) is 3.06. The van der Waals surface area contributed by atoms with Crippen molar-refractivity contribution in [2.24, 2.45) is 0 Å². The number of ether oxygens (including phenoxy) is 3. The molecule has 0 aliphatic heterocycles. The molecule has 0 aliphatic carbocycles. The quantitative estimate of drug-likeness (QED) is 0.727. The average molecular weight is 261 g/mol. The molecule has 6 heteroatoms. The third kappa shape index (κ3) is 4.46. The van der Waals surface area contributed by atoms with Gasteiger partial charge in [-0.3, -0.25) is 0 Å². The van der Waals surface area contributed by atoms with E-state index in [4.69, 9.17) is 9.47 Å². The van der Waals surface area contributed by atoms with Gasteiger partial charge in [0.1, 0.15) is 0 Å². The average Bonchev–Trinajstić information content (AvgIpc) is 2.35. The highest BCUT2D eigenvalue weighted by atomic mass is 19.3. The summed E-state index contributed by atoms with van der Waals surface area (Å²) in [4.78, 5) is 0. The van der Waals surface area contributed by atoms with Crippen LogP contribution >= 0.6 is 0 Å². The van der Waals surface area contributed by atoms with Crippen molar-refractivity contribution >= 4 is 0 Å². The number of hydrogen-bond donors (Lipinski definition) is 1. The highest BCUT2D eigenvalue weighted by molar-refractivity contribution is 5.46. The lowest BCUT2D eigenvalue weighted by molar-refractivity contribution is -0.0518. The molecule has 0 radical (unpaired) electrons.